The summed E-state index contributed by atoms with van der Waals surface area (Å²) in [6.07, 6.45) is 1.49. The maximum Gasteiger partial charge on any atom is 0.306 e. The Bertz CT molecular complexity index is 294. The van der Waals surface area contributed by atoms with Crippen molar-refractivity contribution in [2.75, 3.05) is 27.4 Å². The van der Waals surface area contributed by atoms with Gasteiger partial charge in [-0.15, -0.1) is 0 Å². The maximum atomic E-state index is 11.8. The van der Waals surface area contributed by atoms with Crippen LogP contribution in [0.4, 0.5) is 0 Å². The highest BCUT2D eigenvalue weighted by atomic mass is 16.5. The molecule has 18 heavy (non-hydrogen) atoms. The lowest BCUT2D eigenvalue weighted by atomic mass is 10.0. The average Bonchev–Trinajstić information content (AvgIpc) is 2.83. The molecule has 1 aliphatic carbocycles. The molecule has 6 heteroatoms. The third-order valence-electron chi connectivity index (χ3n) is 3.34. The van der Waals surface area contributed by atoms with Crippen LogP contribution in [0, 0.1) is 11.8 Å². The van der Waals surface area contributed by atoms with Gasteiger partial charge in [0, 0.05) is 26.7 Å². The first-order chi connectivity index (χ1) is 8.58. The lowest BCUT2D eigenvalue weighted by Gasteiger charge is -2.17. The number of carboxylic acids is 1. The van der Waals surface area contributed by atoms with Crippen LogP contribution in [-0.2, 0) is 19.1 Å². The molecular weight excluding hydrogens is 238 g/mol. The van der Waals surface area contributed by atoms with Crippen molar-refractivity contribution in [3.8, 4) is 0 Å². The van der Waals surface area contributed by atoms with Gasteiger partial charge >= 0.3 is 5.97 Å². The van der Waals surface area contributed by atoms with Gasteiger partial charge in [-0.3, -0.25) is 9.59 Å². The van der Waals surface area contributed by atoms with Gasteiger partial charge in [-0.1, -0.05) is 0 Å². The standard InChI is InChI=1S/C12H21NO5/c1-17-7-10(18-2)6-13-11(14)8-3-4-9(5-8)12(15)16/h8-10H,3-7H2,1-2H3,(H,13,14)(H,15,16). The number of nitrogens with one attached hydrogen (secondary N) is 1. The molecule has 3 unspecified atom stereocenters. The van der Waals surface area contributed by atoms with Gasteiger partial charge in [-0.25, -0.2) is 0 Å². The van der Waals surface area contributed by atoms with Crippen LogP contribution in [-0.4, -0.2) is 50.5 Å². The minimum atomic E-state index is -0.806. The minimum Gasteiger partial charge on any atom is -0.481 e. The molecule has 1 amide bonds. The highest BCUT2D eigenvalue weighted by molar-refractivity contribution is 5.80. The van der Waals surface area contributed by atoms with Crippen LogP contribution in [0.5, 0.6) is 0 Å². The highest BCUT2D eigenvalue weighted by Gasteiger charge is 2.33. The number of carbonyl (C=O) groups is 2. The molecule has 1 aliphatic rings. The second-order valence-electron chi connectivity index (χ2n) is 4.60. The Balaban J connectivity index is 2.31. The molecule has 0 saturated heterocycles. The number of amides is 1. The quantitative estimate of drug-likeness (QED) is 0.685. The molecule has 1 saturated carbocycles. The first kappa shape index (κ1) is 14.9. The minimum absolute atomic E-state index is 0.0862. The Hall–Kier alpha value is -1.14. The second kappa shape index (κ2) is 7.33. The summed E-state index contributed by atoms with van der Waals surface area (Å²) in [5.41, 5.74) is 0. The summed E-state index contributed by atoms with van der Waals surface area (Å²) in [7, 11) is 3.13. The number of methoxy groups -OCH3 is 2. The third kappa shape index (κ3) is 4.27. The molecule has 0 spiro atoms. The van der Waals surface area contributed by atoms with E-state index in [0.717, 1.165) is 0 Å². The van der Waals surface area contributed by atoms with Crippen LogP contribution < -0.4 is 5.32 Å². The molecule has 2 N–H and O–H groups in total. The molecule has 0 aromatic heterocycles. The third-order valence-corrected chi connectivity index (χ3v) is 3.34. The number of carbonyl (C=O) groups excluding carboxylic acids is 1. The molecule has 6 nitrogen and oxygen atoms in total. The topological polar surface area (TPSA) is 84.9 Å². The Morgan fingerprint density at radius 3 is 2.50 bits per heavy atom. The summed E-state index contributed by atoms with van der Waals surface area (Å²) in [4.78, 5) is 22.6. The van der Waals surface area contributed by atoms with Gasteiger partial charge in [-0.05, 0) is 19.3 Å². The Labute approximate surface area is 107 Å². The van der Waals surface area contributed by atoms with Gasteiger partial charge in [-0.2, -0.15) is 0 Å². The monoisotopic (exact) mass is 259 g/mol. The van der Waals surface area contributed by atoms with Gasteiger partial charge in [0.15, 0.2) is 0 Å². The summed E-state index contributed by atoms with van der Waals surface area (Å²) in [6, 6.07) is 0. The van der Waals surface area contributed by atoms with Gasteiger partial charge in [0.05, 0.1) is 18.6 Å². The number of ether oxygens (including phenoxy) is 2. The normalized spacial score (nSPS) is 24.8. The van der Waals surface area contributed by atoms with E-state index in [4.69, 9.17) is 14.6 Å². The van der Waals surface area contributed by atoms with Crippen LogP contribution in [0.15, 0.2) is 0 Å². The van der Waals surface area contributed by atoms with E-state index in [-0.39, 0.29) is 23.8 Å². The van der Waals surface area contributed by atoms with E-state index in [1.54, 1.807) is 14.2 Å². The van der Waals surface area contributed by atoms with E-state index < -0.39 is 5.97 Å². The Kier molecular flexibility index (Phi) is 6.07. The molecule has 1 fully saturated rings. The zero-order valence-electron chi connectivity index (χ0n) is 10.8. The van der Waals surface area contributed by atoms with Gasteiger partial charge < -0.3 is 19.9 Å². The SMILES string of the molecule is COCC(CNC(=O)C1CCC(C(=O)O)C1)OC. The predicted octanol–water partition coefficient (Wildman–Crippen LogP) is 0.265. The molecule has 1 rings (SSSR count). The van der Waals surface area contributed by atoms with Crippen molar-refractivity contribution in [2.24, 2.45) is 11.8 Å². The fourth-order valence-corrected chi connectivity index (χ4v) is 2.20. The lowest BCUT2D eigenvalue weighted by molar-refractivity contribution is -0.141. The number of hydrogen-bond acceptors (Lipinski definition) is 4. The summed E-state index contributed by atoms with van der Waals surface area (Å²) in [5, 5.41) is 11.7. The summed E-state index contributed by atoms with van der Waals surface area (Å²) in [5.74, 6) is -1.46. The highest BCUT2D eigenvalue weighted by Crippen LogP contribution is 2.31. The molecule has 0 radical (unpaired) electrons. The van der Waals surface area contributed by atoms with Crippen LogP contribution >= 0.6 is 0 Å². The smallest absolute Gasteiger partial charge is 0.306 e. The van der Waals surface area contributed by atoms with Crippen molar-refractivity contribution >= 4 is 11.9 Å². The maximum absolute atomic E-state index is 11.8. The predicted molar refractivity (Wildman–Crippen MR) is 64.1 cm³/mol. The van der Waals surface area contributed by atoms with Gasteiger partial charge in [0.2, 0.25) is 5.91 Å². The average molecular weight is 259 g/mol. The molecular formula is C12H21NO5. The zero-order chi connectivity index (χ0) is 13.5. The van der Waals surface area contributed by atoms with Crippen molar-refractivity contribution in [1.29, 1.82) is 0 Å². The number of rotatable bonds is 7. The molecule has 0 aliphatic heterocycles. The summed E-state index contributed by atoms with van der Waals surface area (Å²) >= 11 is 0. The number of hydrogen-bond donors (Lipinski definition) is 2. The largest absolute Gasteiger partial charge is 0.481 e. The molecule has 0 aromatic rings. The van der Waals surface area contributed by atoms with Crippen LogP contribution in [0.1, 0.15) is 19.3 Å². The molecule has 0 heterocycles. The fraction of sp³-hybridized carbons (Fsp3) is 0.833. The zero-order valence-corrected chi connectivity index (χ0v) is 10.8. The van der Waals surface area contributed by atoms with Crippen LogP contribution in [0.3, 0.4) is 0 Å². The van der Waals surface area contributed by atoms with E-state index in [1.807, 2.05) is 0 Å². The van der Waals surface area contributed by atoms with Crippen molar-refractivity contribution in [1.82, 2.24) is 5.32 Å². The Morgan fingerprint density at radius 1 is 1.33 bits per heavy atom. The number of aliphatic carboxylic acids is 1. The molecule has 0 bridgehead atoms. The lowest BCUT2D eigenvalue weighted by Crippen LogP contribution is -2.38. The summed E-state index contributed by atoms with van der Waals surface area (Å²) < 4.78 is 10.1. The Morgan fingerprint density at radius 2 is 2.00 bits per heavy atom. The van der Waals surface area contributed by atoms with Gasteiger partial charge in [0.25, 0.3) is 0 Å². The van der Waals surface area contributed by atoms with E-state index >= 15 is 0 Å². The first-order valence-electron chi connectivity index (χ1n) is 6.10. The fourth-order valence-electron chi connectivity index (χ4n) is 2.20. The van der Waals surface area contributed by atoms with Crippen molar-refractivity contribution < 1.29 is 24.2 Å². The van der Waals surface area contributed by atoms with Crippen LogP contribution in [0.2, 0.25) is 0 Å². The van der Waals surface area contributed by atoms with E-state index in [1.165, 1.54) is 0 Å². The summed E-state index contributed by atoms with van der Waals surface area (Å²) in [6.45, 7) is 0.802. The molecule has 104 valence electrons. The first-order valence-corrected chi connectivity index (χ1v) is 6.10. The molecule has 3 atom stereocenters. The van der Waals surface area contributed by atoms with E-state index in [9.17, 15) is 9.59 Å². The van der Waals surface area contributed by atoms with Gasteiger partial charge in [0.1, 0.15) is 0 Å². The number of carboxylic acid groups (broad SMARTS) is 1. The molecule has 0 aromatic carbocycles. The van der Waals surface area contributed by atoms with E-state index in [0.29, 0.717) is 32.4 Å². The van der Waals surface area contributed by atoms with Crippen LogP contribution in [0.25, 0.3) is 0 Å². The van der Waals surface area contributed by atoms with E-state index in [2.05, 4.69) is 5.32 Å². The van der Waals surface area contributed by atoms with Crippen molar-refractivity contribution in [3.63, 3.8) is 0 Å². The van der Waals surface area contributed by atoms with Crippen molar-refractivity contribution in [2.45, 2.75) is 25.4 Å². The van der Waals surface area contributed by atoms with Crippen molar-refractivity contribution in [3.05, 3.63) is 0 Å². The second-order valence-corrected chi connectivity index (χ2v) is 4.60.